The first kappa shape index (κ1) is 15.7. The van der Waals surface area contributed by atoms with Crippen LogP contribution in [0.5, 0.6) is 0 Å². The molecule has 2 aromatic heterocycles. The first-order valence-corrected chi connectivity index (χ1v) is 8.51. The van der Waals surface area contributed by atoms with E-state index in [4.69, 9.17) is 4.74 Å². The van der Waals surface area contributed by atoms with E-state index in [1.165, 1.54) is 11.1 Å². The van der Waals surface area contributed by atoms with Crippen LogP contribution in [0.1, 0.15) is 22.9 Å². The Hall–Kier alpha value is -2.79. The Morgan fingerprint density at radius 2 is 1.76 bits per heavy atom. The molecule has 1 aliphatic heterocycles. The summed E-state index contributed by atoms with van der Waals surface area (Å²) in [5.41, 5.74) is 3.45. The maximum atomic E-state index is 5.91. The van der Waals surface area contributed by atoms with Gasteiger partial charge in [0.05, 0.1) is 18.8 Å². The fourth-order valence-corrected chi connectivity index (χ4v) is 3.03. The van der Waals surface area contributed by atoms with Crippen molar-refractivity contribution >= 4 is 5.95 Å². The maximum absolute atomic E-state index is 5.91. The van der Waals surface area contributed by atoms with Gasteiger partial charge in [0.1, 0.15) is 6.10 Å². The number of anilines is 1. The first-order chi connectivity index (χ1) is 12.4. The lowest BCUT2D eigenvalue weighted by Gasteiger charge is -2.32. The Labute approximate surface area is 147 Å². The van der Waals surface area contributed by atoms with E-state index < -0.39 is 0 Å². The van der Waals surface area contributed by atoms with E-state index in [0.29, 0.717) is 6.61 Å². The summed E-state index contributed by atoms with van der Waals surface area (Å²) in [7, 11) is 0. The second kappa shape index (κ2) is 7.40. The topological polar surface area (TPSA) is 51.1 Å². The van der Waals surface area contributed by atoms with Crippen molar-refractivity contribution in [3.8, 4) is 0 Å². The molecule has 5 nitrogen and oxygen atoms in total. The Morgan fingerprint density at radius 1 is 0.920 bits per heavy atom. The van der Waals surface area contributed by atoms with Gasteiger partial charge in [-0.15, -0.1) is 0 Å². The Balaban J connectivity index is 1.44. The van der Waals surface area contributed by atoms with Gasteiger partial charge < -0.3 is 9.64 Å². The number of benzene rings is 1. The smallest absolute Gasteiger partial charge is 0.225 e. The lowest BCUT2D eigenvalue weighted by Crippen LogP contribution is -2.39. The monoisotopic (exact) mass is 332 g/mol. The van der Waals surface area contributed by atoms with Crippen molar-refractivity contribution in [1.82, 2.24) is 15.0 Å². The molecule has 0 unspecified atom stereocenters. The van der Waals surface area contributed by atoms with Crippen molar-refractivity contribution in [3.05, 3.63) is 83.9 Å². The van der Waals surface area contributed by atoms with E-state index in [2.05, 4.69) is 56.3 Å². The van der Waals surface area contributed by atoms with Crippen molar-refractivity contribution in [1.29, 1.82) is 0 Å². The summed E-state index contributed by atoms with van der Waals surface area (Å²) in [6, 6.07) is 16.5. The zero-order valence-electron chi connectivity index (χ0n) is 14.0. The van der Waals surface area contributed by atoms with Gasteiger partial charge in [0.15, 0.2) is 0 Å². The summed E-state index contributed by atoms with van der Waals surface area (Å²) >= 11 is 0. The molecule has 3 aromatic rings. The SMILES string of the molecule is c1ccc(Cc2ccc([C@H]3CN(c4ncccn4)CCO3)nc2)cc1. The third-order valence-electron chi connectivity index (χ3n) is 4.33. The minimum atomic E-state index is -0.0525. The van der Waals surface area contributed by atoms with Crippen molar-refractivity contribution in [2.75, 3.05) is 24.6 Å². The molecule has 5 heteroatoms. The van der Waals surface area contributed by atoms with Crippen LogP contribution < -0.4 is 4.90 Å². The molecule has 4 rings (SSSR count). The van der Waals surface area contributed by atoms with Gasteiger partial charge in [-0.3, -0.25) is 4.98 Å². The van der Waals surface area contributed by atoms with Crippen LogP contribution >= 0.6 is 0 Å². The molecule has 0 aliphatic carbocycles. The van der Waals surface area contributed by atoms with E-state index in [1.807, 2.05) is 18.3 Å². The molecule has 1 aromatic carbocycles. The molecular weight excluding hydrogens is 312 g/mol. The quantitative estimate of drug-likeness (QED) is 0.735. The summed E-state index contributed by atoms with van der Waals surface area (Å²) in [4.78, 5) is 15.4. The van der Waals surface area contributed by atoms with E-state index >= 15 is 0 Å². The molecule has 0 spiro atoms. The predicted octanol–water partition coefficient (Wildman–Crippen LogP) is 3.04. The zero-order chi connectivity index (χ0) is 16.9. The molecule has 0 N–H and O–H groups in total. The lowest BCUT2D eigenvalue weighted by molar-refractivity contribution is 0.0364. The molecule has 1 atom stereocenters. The average molecular weight is 332 g/mol. The molecule has 0 amide bonds. The van der Waals surface area contributed by atoms with Crippen LogP contribution in [-0.2, 0) is 11.2 Å². The second-order valence-electron chi connectivity index (χ2n) is 6.11. The van der Waals surface area contributed by atoms with Crippen LogP contribution in [-0.4, -0.2) is 34.6 Å². The first-order valence-electron chi connectivity index (χ1n) is 8.51. The predicted molar refractivity (Wildman–Crippen MR) is 96.4 cm³/mol. The molecule has 126 valence electrons. The number of ether oxygens (including phenoxy) is 1. The number of rotatable bonds is 4. The van der Waals surface area contributed by atoms with Crippen LogP contribution in [0, 0.1) is 0 Å². The van der Waals surface area contributed by atoms with Gasteiger partial charge in [-0.25, -0.2) is 9.97 Å². The Morgan fingerprint density at radius 3 is 2.52 bits per heavy atom. The van der Waals surface area contributed by atoms with Crippen LogP contribution in [0.25, 0.3) is 0 Å². The van der Waals surface area contributed by atoms with Gasteiger partial charge >= 0.3 is 0 Å². The molecule has 0 radical (unpaired) electrons. The van der Waals surface area contributed by atoms with Crippen LogP contribution in [0.4, 0.5) is 5.95 Å². The fraction of sp³-hybridized carbons (Fsp3) is 0.250. The average Bonchev–Trinajstić information content (AvgIpc) is 2.70. The van der Waals surface area contributed by atoms with Crippen molar-refractivity contribution in [2.24, 2.45) is 0 Å². The molecule has 1 saturated heterocycles. The lowest BCUT2D eigenvalue weighted by atomic mass is 10.1. The number of aromatic nitrogens is 3. The highest BCUT2D eigenvalue weighted by Crippen LogP contribution is 2.23. The molecule has 3 heterocycles. The number of nitrogens with zero attached hydrogens (tertiary/aromatic N) is 4. The molecule has 0 bridgehead atoms. The number of morpholine rings is 1. The van der Waals surface area contributed by atoms with Crippen molar-refractivity contribution in [2.45, 2.75) is 12.5 Å². The number of hydrogen-bond donors (Lipinski definition) is 0. The zero-order valence-corrected chi connectivity index (χ0v) is 14.0. The minimum Gasteiger partial charge on any atom is -0.368 e. The summed E-state index contributed by atoms with van der Waals surface area (Å²) in [6.45, 7) is 2.16. The molecule has 1 fully saturated rings. The fourth-order valence-electron chi connectivity index (χ4n) is 3.03. The minimum absolute atomic E-state index is 0.0525. The largest absolute Gasteiger partial charge is 0.368 e. The van der Waals surface area contributed by atoms with Gasteiger partial charge in [-0.05, 0) is 29.7 Å². The highest BCUT2D eigenvalue weighted by molar-refractivity contribution is 5.31. The Bertz CT molecular complexity index is 793. The van der Waals surface area contributed by atoms with E-state index in [0.717, 1.165) is 31.2 Å². The third-order valence-corrected chi connectivity index (χ3v) is 4.33. The van der Waals surface area contributed by atoms with E-state index in [9.17, 15) is 0 Å². The molecule has 1 aliphatic rings. The number of hydrogen-bond acceptors (Lipinski definition) is 5. The van der Waals surface area contributed by atoms with Gasteiger partial charge in [0.2, 0.25) is 5.95 Å². The van der Waals surface area contributed by atoms with Crippen molar-refractivity contribution in [3.63, 3.8) is 0 Å². The highest BCUT2D eigenvalue weighted by atomic mass is 16.5. The van der Waals surface area contributed by atoms with Crippen molar-refractivity contribution < 1.29 is 4.74 Å². The molecular formula is C20H20N4O. The summed E-state index contributed by atoms with van der Waals surface area (Å²) in [5.74, 6) is 0.747. The van der Waals surface area contributed by atoms with E-state index in [1.54, 1.807) is 12.4 Å². The van der Waals surface area contributed by atoms with Crippen LogP contribution in [0.15, 0.2) is 67.1 Å². The van der Waals surface area contributed by atoms with Gasteiger partial charge in [0.25, 0.3) is 0 Å². The van der Waals surface area contributed by atoms with Gasteiger partial charge in [-0.2, -0.15) is 0 Å². The summed E-state index contributed by atoms with van der Waals surface area (Å²) < 4.78 is 5.91. The molecule has 25 heavy (non-hydrogen) atoms. The highest BCUT2D eigenvalue weighted by Gasteiger charge is 2.24. The summed E-state index contributed by atoms with van der Waals surface area (Å²) in [5, 5.41) is 0. The standard InChI is InChI=1S/C20H20N4O/c1-2-5-16(6-3-1)13-17-7-8-18(23-14-17)19-15-24(11-12-25-19)20-21-9-4-10-22-20/h1-10,14,19H,11-13,15H2/t19-/m1/s1. The number of pyridine rings is 1. The van der Waals surface area contributed by atoms with E-state index in [-0.39, 0.29) is 6.10 Å². The van der Waals surface area contributed by atoms with Gasteiger partial charge in [-0.1, -0.05) is 36.4 Å². The van der Waals surface area contributed by atoms with Gasteiger partial charge in [0, 0.05) is 25.1 Å². The second-order valence-corrected chi connectivity index (χ2v) is 6.11. The summed E-state index contributed by atoms with van der Waals surface area (Å²) in [6.07, 6.45) is 6.32. The van der Waals surface area contributed by atoms with Crippen LogP contribution in [0.3, 0.4) is 0 Å². The molecule has 0 saturated carbocycles. The third kappa shape index (κ3) is 3.83. The Kier molecular flexibility index (Phi) is 4.65. The normalized spacial score (nSPS) is 17.4. The van der Waals surface area contributed by atoms with Crippen LogP contribution in [0.2, 0.25) is 0 Å². The maximum Gasteiger partial charge on any atom is 0.225 e.